The van der Waals surface area contributed by atoms with Gasteiger partial charge in [0.15, 0.2) is 5.76 Å². The largest absolute Gasteiger partial charge is 0.487 e. The molecule has 0 bridgehead atoms. The molecule has 0 aromatic heterocycles. The quantitative estimate of drug-likeness (QED) is 0.261. The highest BCUT2D eigenvalue weighted by Crippen LogP contribution is 2.01. The van der Waals surface area contributed by atoms with E-state index in [-0.39, 0.29) is 5.76 Å². The molecule has 0 aliphatic rings. The molecule has 0 heterocycles. The van der Waals surface area contributed by atoms with Crippen molar-refractivity contribution in [3.63, 3.8) is 0 Å². The molecule has 3 heteroatoms. The van der Waals surface area contributed by atoms with Gasteiger partial charge in [-0.3, -0.25) is 0 Å². The van der Waals surface area contributed by atoms with Gasteiger partial charge >= 0.3 is 5.97 Å². The summed E-state index contributed by atoms with van der Waals surface area (Å²) in [6.07, 6.45) is 4.38. The Labute approximate surface area is 86.1 Å². The lowest BCUT2D eigenvalue weighted by atomic mass is 10.2. The van der Waals surface area contributed by atoms with Crippen molar-refractivity contribution in [2.75, 3.05) is 13.2 Å². The van der Waals surface area contributed by atoms with Crippen LogP contribution in [-0.2, 0) is 14.3 Å². The van der Waals surface area contributed by atoms with Crippen molar-refractivity contribution in [2.45, 2.75) is 39.5 Å². The van der Waals surface area contributed by atoms with Crippen LogP contribution in [0.4, 0.5) is 0 Å². The molecule has 0 atom stereocenters. The Bertz CT molecular complexity index is 175. The lowest BCUT2D eigenvalue weighted by Crippen LogP contribution is -2.10. The standard InChI is InChI=1S/C11H20O3/c1-4-6-7-8-9-14-11(12)10(3)13-5-2/h3-9H2,1-2H3. The molecule has 82 valence electrons. The van der Waals surface area contributed by atoms with Crippen LogP contribution in [0.25, 0.3) is 0 Å². The molecular formula is C11H20O3. The van der Waals surface area contributed by atoms with E-state index in [0.29, 0.717) is 13.2 Å². The van der Waals surface area contributed by atoms with Crippen LogP contribution in [0.15, 0.2) is 12.3 Å². The zero-order chi connectivity index (χ0) is 10.8. The number of hydrogen-bond acceptors (Lipinski definition) is 3. The summed E-state index contributed by atoms with van der Waals surface area (Å²) in [4.78, 5) is 11.1. The van der Waals surface area contributed by atoms with Crippen molar-refractivity contribution < 1.29 is 14.3 Å². The fraction of sp³-hybridized carbons (Fsp3) is 0.727. The first kappa shape index (κ1) is 13.0. The Morgan fingerprint density at radius 2 is 1.86 bits per heavy atom. The third-order valence-electron chi connectivity index (χ3n) is 1.78. The average Bonchev–Trinajstić information content (AvgIpc) is 2.17. The zero-order valence-electron chi connectivity index (χ0n) is 9.17. The molecule has 0 spiro atoms. The van der Waals surface area contributed by atoms with E-state index < -0.39 is 5.97 Å². The number of unbranched alkanes of at least 4 members (excludes halogenated alkanes) is 3. The summed E-state index contributed by atoms with van der Waals surface area (Å²) in [6.45, 7) is 8.32. The van der Waals surface area contributed by atoms with Crippen molar-refractivity contribution >= 4 is 5.97 Å². The highest BCUT2D eigenvalue weighted by molar-refractivity contribution is 5.85. The van der Waals surface area contributed by atoms with Crippen LogP contribution in [0, 0.1) is 0 Å². The van der Waals surface area contributed by atoms with Crippen LogP contribution >= 0.6 is 0 Å². The maximum Gasteiger partial charge on any atom is 0.372 e. The van der Waals surface area contributed by atoms with Crippen LogP contribution in [-0.4, -0.2) is 19.2 Å². The Morgan fingerprint density at radius 1 is 1.14 bits per heavy atom. The van der Waals surface area contributed by atoms with E-state index in [2.05, 4.69) is 13.5 Å². The van der Waals surface area contributed by atoms with E-state index in [1.165, 1.54) is 12.8 Å². The van der Waals surface area contributed by atoms with Gasteiger partial charge in [-0.15, -0.1) is 0 Å². The summed E-state index contributed by atoms with van der Waals surface area (Å²) in [6, 6.07) is 0. The van der Waals surface area contributed by atoms with Crippen molar-refractivity contribution in [1.82, 2.24) is 0 Å². The lowest BCUT2D eigenvalue weighted by Gasteiger charge is -2.06. The van der Waals surface area contributed by atoms with Gasteiger partial charge in [-0.2, -0.15) is 0 Å². The monoisotopic (exact) mass is 200 g/mol. The van der Waals surface area contributed by atoms with Gasteiger partial charge in [-0.05, 0) is 19.9 Å². The second kappa shape index (κ2) is 8.60. The second-order valence-electron chi connectivity index (χ2n) is 3.05. The van der Waals surface area contributed by atoms with Crippen molar-refractivity contribution in [2.24, 2.45) is 0 Å². The Morgan fingerprint density at radius 3 is 2.43 bits per heavy atom. The highest BCUT2D eigenvalue weighted by atomic mass is 16.6. The fourth-order valence-corrected chi connectivity index (χ4v) is 1.01. The number of ether oxygens (including phenoxy) is 2. The first-order valence-electron chi connectivity index (χ1n) is 5.21. The number of hydrogen-bond donors (Lipinski definition) is 0. The summed E-state index contributed by atoms with van der Waals surface area (Å²) in [5.74, 6) is -0.341. The first-order chi connectivity index (χ1) is 6.72. The fourth-order valence-electron chi connectivity index (χ4n) is 1.01. The summed E-state index contributed by atoms with van der Waals surface area (Å²) in [7, 11) is 0. The number of carbonyl (C=O) groups is 1. The molecule has 0 aliphatic heterocycles. The minimum absolute atomic E-state index is 0.1000. The van der Waals surface area contributed by atoms with Crippen molar-refractivity contribution in [1.29, 1.82) is 0 Å². The topological polar surface area (TPSA) is 35.5 Å². The number of carbonyl (C=O) groups excluding carboxylic acids is 1. The van der Waals surface area contributed by atoms with Crippen LogP contribution in [0.2, 0.25) is 0 Å². The van der Waals surface area contributed by atoms with Gasteiger partial charge in [-0.25, -0.2) is 4.79 Å². The summed E-state index contributed by atoms with van der Waals surface area (Å²) in [5.41, 5.74) is 0. The third-order valence-corrected chi connectivity index (χ3v) is 1.78. The normalized spacial score (nSPS) is 9.57. The minimum Gasteiger partial charge on any atom is -0.487 e. The second-order valence-corrected chi connectivity index (χ2v) is 3.05. The van der Waals surface area contributed by atoms with Crippen LogP contribution in [0.3, 0.4) is 0 Å². The highest BCUT2D eigenvalue weighted by Gasteiger charge is 2.07. The van der Waals surface area contributed by atoms with E-state index in [9.17, 15) is 4.79 Å². The smallest absolute Gasteiger partial charge is 0.372 e. The van der Waals surface area contributed by atoms with Crippen LogP contribution < -0.4 is 0 Å². The molecule has 0 aromatic carbocycles. The van der Waals surface area contributed by atoms with Gasteiger partial charge in [0.25, 0.3) is 0 Å². The molecule has 0 saturated heterocycles. The molecule has 0 unspecified atom stereocenters. The molecule has 3 nitrogen and oxygen atoms in total. The first-order valence-corrected chi connectivity index (χ1v) is 5.21. The molecule has 0 N–H and O–H groups in total. The predicted octanol–water partition coefficient (Wildman–Crippen LogP) is 2.66. The number of esters is 1. The van der Waals surface area contributed by atoms with Gasteiger partial charge in [0, 0.05) is 0 Å². The molecular weight excluding hydrogens is 180 g/mol. The molecule has 0 radical (unpaired) electrons. The summed E-state index contributed by atoms with van der Waals surface area (Å²) >= 11 is 0. The Hall–Kier alpha value is -0.990. The van der Waals surface area contributed by atoms with Gasteiger partial charge in [-0.1, -0.05) is 26.2 Å². The van der Waals surface area contributed by atoms with Gasteiger partial charge in [0.1, 0.15) is 0 Å². The summed E-state index contributed by atoms with van der Waals surface area (Å²) in [5, 5.41) is 0. The van der Waals surface area contributed by atoms with Crippen LogP contribution in [0.5, 0.6) is 0 Å². The minimum atomic E-state index is -0.441. The van der Waals surface area contributed by atoms with Crippen molar-refractivity contribution in [3.05, 3.63) is 12.3 Å². The maximum absolute atomic E-state index is 11.1. The van der Waals surface area contributed by atoms with Crippen molar-refractivity contribution in [3.8, 4) is 0 Å². The zero-order valence-corrected chi connectivity index (χ0v) is 9.17. The van der Waals surface area contributed by atoms with E-state index in [4.69, 9.17) is 9.47 Å². The summed E-state index contributed by atoms with van der Waals surface area (Å²) < 4.78 is 9.85. The molecule has 0 rings (SSSR count). The Balaban J connectivity index is 3.39. The molecule has 0 aliphatic carbocycles. The van der Waals surface area contributed by atoms with E-state index in [1.54, 1.807) is 6.92 Å². The van der Waals surface area contributed by atoms with E-state index in [0.717, 1.165) is 12.8 Å². The molecule has 0 amide bonds. The third kappa shape index (κ3) is 6.52. The molecule has 0 aromatic rings. The van der Waals surface area contributed by atoms with Gasteiger partial charge in [0.2, 0.25) is 0 Å². The maximum atomic E-state index is 11.1. The van der Waals surface area contributed by atoms with Crippen LogP contribution in [0.1, 0.15) is 39.5 Å². The average molecular weight is 200 g/mol. The van der Waals surface area contributed by atoms with Gasteiger partial charge in [0.05, 0.1) is 13.2 Å². The lowest BCUT2D eigenvalue weighted by molar-refractivity contribution is -0.143. The van der Waals surface area contributed by atoms with E-state index in [1.807, 2.05) is 0 Å². The Kier molecular flexibility index (Phi) is 7.99. The predicted molar refractivity (Wildman–Crippen MR) is 55.9 cm³/mol. The SMILES string of the molecule is C=C(OCC)C(=O)OCCCCCC. The molecule has 0 fully saturated rings. The molecule has 0 saturated carbocycles. The van der Waals surface area contributed by atoms with Gasteiger partial charge < -0.3 is 9.47 Å². The number of rotatable bonds is 8. The van der Waals surface area contributed by atoms with E-state index >= 15 is 0 Å². The molecule has 14 heavy (non-hydrogen) atoms.